The van der Waals surface area contributed by atoms with Crippen LogP contribution in [0.4, 0.5) is 0 Å². The molecule has 4 aliphatic carbocycles. The van der Waals surface area contributed by atoms with Crippen molar-refractivity contribution in [1.82, 2.24) is 15.0 Å². The summed E-state index contributed by atoms with van der Waals surface area (Å²) < 4.78 is 0. The van der Waals surface area contributed by atoms with Crippen LogP contribution in [0.3, 0.4) is 0 Å². The zero-order chi connectivity index (χ0) is 22.0. The minimum Gasteiger partial charge on any atom is -0.390 e. The summed E-state index contributed by atoms with van der Waals surface area (Å²) in [6.07, 6.45) is 11.6. The smallest absolute Gasteiger partial charge is 0.182 e. The molecule has 0 bridgehead atoms. The summed E-state index contributed by atoms with van der Waals surface area (Å²) in [5.41, 5.74) is -0.131. The molecule has 0 amide bonds. The number of fused-ring (bicyclic) bond motifs is 5. The van der Waals surface area contributed by atoms with Gasteiger partial charge in [-0.1, -0.05) is 6.92 Å². The first-order valence-electron chi connectivity index (χ1n) is 12.3. The largest absolute Gasteiger partial charge is 0.390 e. The Morgan fingerprint density at radius 1 is 1.16 bits per heavy atom. The molecule has 1 aromatic heterocycles. The molecule has 0 spiro atoms. The van der Waals surface area contributed by atoms with E-state index >= 15 is 0 Å². The van der Waals surface area contributed by atoms with Crippen molar-refractivity contribution in [3.63, 3.8) is 0 Å². The molecule has 1 aromatic rings. The Kier molecular flexibility index (Phi) is 5.04. The van der Waals surface area contributed by atoms with Gasteiger partial charge in [0, 0.05) is 5.92 Å². The van der Waals surface area contributed by atoms with Crippen LogP contribution >= 0.6 is 0 Å². The summed E-state index contributed by atoms with van der Waals surface area (Å²) in [6.45, 7) is 6.28. The van der Waals surface area contributed by atoms with E-state index in [1.165, 1.54) is 36.7 Å². The highest BCUT2D eigenvalue weighted by Gasteiger charge is 2.59. The van der Waals surface area contributed by atoms with Crippen molar-refractivity contribution in [2.24, 2.45) is 40.9 Å². The molecule has 1 heterocycles. The van der Waals surface area contributed by atoms with E-state index in [1.807, 2.05) is 19.9 Å². The van der Waals surface area contributed by atoms with Crippen LogP contribution in [0, 0.1) is 52.3 Å². The van der Waals surface area contributed by atoms with Crippen LogP contribution in [0.25, 0.3) is 0 Å². The molecule has 0 radical (unpaired) electrons. The summed E-state index contributed by atoms with van der Waals surface area (Å²) in [6, 6.07) is 1.58. The maximum absolute atomic E-state index is 13.6. The molecule has 9 atom stereocenters. The van der Waals surface area contributed by atoms with Gasteiger partial charge in [-0.2, -0.15) is 15.2 Å². The third kappa shape index (κ3) is 3.35. The van der Waals surface area contributed by atoms with E-state index in [-0.39, 0.29) is 22.8 Å². The molecule has 1 N–H and O–H groups in total. The number of hydrogen-bond acceptors (Lipinski definition) is 5. The third-order valence-corrected chi connectivity index (χ3v) is 9.96. The first-order chi connectivity index (χ1) is 14.7. The van der Waals surface area contributed by atoms with Crippen LogP contribution in [-0.4, -0.2) is 31.5 Å². The molecule has 6 heteroatoms. The molecule has 0 aliphatic heterocycles. The Morgan fingerprint density at radius 3 is 2.68 bits per heavy atom. The van der Waals surface area contributed by atoms with E-state index in [4.69, 9.17) is 5.26 Å². The predicted octanol–water partition coefficient (Wildman–Crippen LogP) is 4.30. The van der Waals surface area contributed by atoms with Gasteiger partial charge in [-0.05, 0) is 107 Å². The standard InChI is InChI=1S/C25H36N4O2/c1-15(29-27-14-17(13-26)28-29)23(30)22-7-6-21-20-5-4-16-12-24(2,31)10-8-18(16)19(20)9-11-25(21,22)3/h14-16,18-22,31H,4-12H2,1-3H3/t15-,16+,18-,19+,20+,21-,22+,24+,25-/m0/s1. The van der Waals surface area contributed by atoms with E-state index in [0.29, 0.717) is 11.8 Å². The number of carbonyl (C=O) groups excluding carboxylic acids is 1. The number of nitrogens with zero attached hydrogens (tertiary/aromatic N) is 4. The fourth-order valence-electron chi connectivity index (χ4n) is 8.47. The molecule has 4 fully saturated rings. The van der Waals surface area contributed by atoms with Gasteiger partial charge in [0.15, 0.2) is 11.5 Å². The lowest BCUT2D eigenvalue weighted by Crippen LogP contribution is -2.51. The lowest BCUT2D eigenvalue weighted by molar-refractivity contribution is -0.135. The van der Waals surface area contributed by atoms with E-state index in [9.17, 15) is 9.90 Å². The van der Waals surface area contributed by atoms with E-state index < -0.39 is 11.6 Å². The van der Waals surface area contributed by atoms with Gasteiger partial charge in [0.25, 0.3) is 0 Å². The van der Waals surface area contributed by atoms with Crippen molar-refractivity contribution < 1.29 is 9.90 Å². The summed E-state index contributed by atoms with van der Waals surface area (Å²) in [4.78, 5) is 15.0. The van der Waals surface area contributed by atoms with Crippen LogP contribution in [0.15, 0.2) is 6.20 Å². The zero-order valence-corrected chi connectivity index (χ0v) is 19.1. The molecule has 0 saturated heterocycles. The number of carbonyl (C=O) groups is 1. The second kappa shape index (κ2) is 7.40. The number of nitriles is 1. The first-order valence-corrected chi connectivity index (χ1v) is 12.3. The maximum atomic E-state index is 13.6. The van der Waals surface area contributed by atoms with Crippen LogP contribution in [0.5, 0.6) is 0 Å². The maximum Gasteiger partial charge on any atom is 0.182 e. The van der Waals surface area contributed by atoms with Crippen LogP contribution < -0.4 is 0 Å². The first kappa shape index (κ1) is 21.1. The Hall–Kier alpha value is -1.74. The molecule has 168 valence electrons. The second-order valence-corrected chi connectivity index (χ2v) is 11.6. The molecule has 0 unspecified atom stereocenters. The van der Waals surface area contributed by atoms with Gasteiger partial charge in [0.1, 0.15) is 12.1 Å². The number of Topliss-reactive ketones (excluding diaryl/α,β-unsaturated/α-hetero) is 1. The Bertz CT molecular complexity index is 902. The number of rotatable bonds is 3. The fourth-order valence-corrected chi connectivity index (χ4v) is 8.47. The molecule has 31 heavy (non-hydrogen) atoms. The number of hydrogen-bond donors (Lipinski definition) is 1. The SMILES string of the molecule is C[C@@H](C(=O)[C@H]1CC[C@H]2[C@@H]3CC[C@@H]4C[C@](C)(O)CC[C@@H]4[C@H]3CC[C@]12C)n1ncc(C#N)n1. The molecule has 0 aromatic carbocycles. The Labute approximate surface area is 185 Å². The number of aromatic nitrogens is 3. The van der Waals surface area contributed by atoms with Crippen molar-refractivity contribution in [2.45, 2.75) is 90.2 Å². The Morgan fingerprint density at radius 2 is 1.94 bits per heavy atom. The van der Waals surface area contributed by atoms with Crippen LogP contribution in [-0.2, 0) is 4.79 Å². The molecule has 5 rings (SSSR count). The number of ketones is 1. The van der Waals surface area contributed by atoms with Crippen molar-refractivity contribution in [3.8, 4) is 6.07 Å². The summed E-state index contributed by atoms with van der Waals surface area (Å²) in [5, 5.41) is 28.0. The van der Waals surface area contributed by atoms with Crippen molar-refractivity contribution >= 4 is 5.78 Å². The highest BCUT2D eigenvalue weighted by atomic mass is 16.3. The van der Waals surface area contributed by atoms with Gasteiger partial charge in [-0.25, -0.2) is 0 Å². The van der Waals surface area contributed by atoms with Crippen molar-refractivity contribution in [1.29, 1.82) is 5.26 Å². The fraction of sp³-hybridized carbons (Fsp3) is 0.840. The summed E-state index contributed by atoms with van der Waals surface area (Å²) in [7, 11) is 0. The minimum atomic E-state index is -0.468. The monoisotopic (exact) mass is 424 g/mol. The lowest BCUT2D eigenvalue weighted by atomic mass is 9.49. The lowest BCUT2D eigenvalue weighted by Gasteiger charge is -2.57. The number of aliphatic hydroxyl groups is 1. The van der Waals surface area contributed by atoms with Gasteiger partial charge in [0.2, 0.25) is 0 Å². The predicted molar refractivity (Wildman–Crippen MR) is 116 cm³/mol. The topological polar surface area (TPSA) is 91.8 Å². The third-order valence-electron chi connectivity index (χ3n) is 9.96. The van der Waals surface area contributed by atoms with Gasteiger partial charge in [-0.15, -0.1) is 5.10 Å². The normalized spacial score (nSPS) is 45.1. The highest BCUT2D eigenvalue weighted by molar-refractivity contribution is 5.85. The van der Waals surface area contributed by atoms with Gasteiger partial charge in [0.05, 0.1) is 11.8 Å². The molecule has 4 aliphatic rings. The van der Waals surface area contributed by atoms with Gasteiger partial charge < -0.3 is 5.11 Å². The zero-order valence-electron chi connectivity index (χ0n) is 19.1. The van der Waals surface area contributed by atoms with E-state index in [2.05, 4.69) is 17.1 Å². The van der Waals surface area contributed by atoms with Crippen LogP contribution in [0.2, 0.25) is 0 Å². The van der Waals surface area contributed by atoms with Gasteiger partial charge in [-0.3, -0.25) is 4.79 Å². The minimum absolute atomic E-state index is 0.0646. The van der Waals surface area contributed by atoms with Crippen LogP contribution in [0.1, 0.15) is 90.3 Å². The molecule has 6 nitrogen and oxygen atoms in total. The van der Waals surface area contributed by atoms with E-state index in [1.54, 1.807) is 0 Å². The molecular formula is C25H36N4O2. The van der Waals surface area contributed by atoms with Crippen molar-refractivity contribution in [2.75, 3.05) is 0 Å². The van der Waals surface area contributed by atoms with E-state index in [0.717, 1.165) is 49.9 Å². The quantitative estimate of drug-likeness (QED) is 0.781. The average molecular weight is 425 g/mol. The Balaban J connectivity index is 1.33. The van der Waals surface area contributed by atoms with Gasteiger partial charge >= 0.3 is 0 Å². The summed E-state index contributed by atoms with van der Waals surface area (Å²) in [5.74, 6) is 3.93. The molecule has 4 saturated carbocycles. The van der Waals surface area contributed by atoms with Crippen molar-refractivity contribution in [3.05, 3.63) is 11.9 Å². The molecular weight excluding hydrogens is 388 g/mol. The average Bonchev–Trinajstić information content (AvgIpc) is 3.35. The second-order valence-electron chi connectivity index (χ2n) is 11.6. The highest BCUT2D eigenvalue weighted by Crippen LogP contribution is 2.65. The summed E-state index contributed by atoms with van der Waals surface area (Å²) >= 11 is 0.